The first-order valence-electron chi connectivity index (χ1n) is 11.8. The molecule has 2 amide bonds. The molecule has 0 spiro atoms. The first kappa shape index (κ1) is 25.6. The van der Waals surface area contributed by atoms with Crippen molar-refractivity contribution in [2.24, 2.45) is 0 Å². The molecule has 0 bridgehead atoms. The largest absolute Gasteiger partial charge is 0.494 e. The van der Waals surface area contributed by atoms with Crippen molar-refractivity contribution in [1.82, 2.24) is 10.6 Å². The van der Waals surface area contributed by atoms with Gasteiger partial charge in [-0.25, -0.2) is 4.79 Å². The molecule has 7 nitrogen and oxygen atoms in total. The van der Waals surface area contributed by atoms with Crippen molar-refractivity contribution in [2.75, 3.05) is 38.2 Å². The number of nitrogens with zero attached hydrogens (tertiary/aromatic N) is 1. The van der Waals surface area contributed by atoms with Crippen LogP contribution < -0.4 is 25.0 Å². The number of carbonyl (C=O) groups excluding carboxylic acids is 2. The summed E-state index contributed by atoms with van der Waals surface area (Å²) >= 11 is 0. The van der Waals surface area contributed by atoms with E-state index in [0.29, 0.717) is 32.0 Å². The number of nitrogens with one attached hydrogen (secondary N) is 2. The van der Waals surface area contributed by atoms with Gasteiger partial charge in [0.25, 0.3) is 0 Å². The number of hydrogen-bond donors (Lipinski definition) is 2. The Kier molecular flexibility index (Phi) is 9.99. The van der Waals surface area contributed by atoms with Gasteiger partial charge in [-0.15, -0.1) is 0 Å². The number of carbonyl (C=O) groups is 2. The molecule has 0 aliphatic carbocycles. The molecule has 0 radical (unpaired) electrons. The molecule has 0 saturated carbocycles. The average molecular weight is 476 g/mol. The Morgan fingerprint density at radius 2 is 1.54 bits per heavy atom. The number of amides is 2. The van der Waals surface area contributed by atoms with E-state index in [1.54, 1.807) is 6.07 Å². The van der Waals surface area contributed by atoms with E-state index < -0.39 is 6.09 Å². The number of anilines is 1. The third-order valence-corrected chi connectivity index (χ3v) is 5.34. The van der Waals surface area contributed by atoms with Gasteiger partial charge in [-0.05, 0) is 48.2 Å². The Morgan fingerprint density at radius 1 is 0.800 bits per heavy atom. The molecule has 0 atom stereocenters. The minimum absolute atomic E-state index is 0.0319. The average Bonchev–Trinajstić information content (AvgIpc) is 2.86. The van der Waals surface area contributed by atoms with E-state index in [1.807, 2.05) is 79.8 Å². The number of hydrogen-bond acceptors (Lipinski definition) is 5. The first-order chi connectivity index (χ1) is 17.0. The number of likely N-dealkylation sites (N-methyl/N-ethyl adjacent to an activating group) is 1. The number of benzene rings is 3. The van der Waals surface area contributed by atoms with Crippen LogP contribution >= 0.6 is 0 Å². The predicted molar refractivity (Wildman–Crippen MR) is 139 cm³/mol. The third-order valence-electron chi connectivity index (χ3n) is 5.34. The van der Waals surface area contributed by atoms with E-state index in [-0.39, 0.29) is 5.91 Å². The maximum absolute atomic E-state index is 12.1. The fraction of sp³-hybridized carbons (Fsp3) is 0.286. The second-order valence-electron chi connectivity index (χ2n) is 8.17. The first-order valence-corrected chi connectivity index (χ1v) is 11.8. The summed E-state index contributed by atoms with van der Waals surface area (Å²) in [6, 6.07) is 25.3. The zero-order valence-corrected chi connectivity index (χ0v) is 20.3. The van der Waals surface area contributed by atoms with E-state index in [0.717, 1.165) is 35.4 Å². The molecule has 0 unspecified atom stereocenters. The lowest BCUT2D eigenvalue weighted by atomic mass is 10.1. The molecule has 184 valence electrons. The second kappa shape index (κ2) is 13.6. The monoisotopic (exact) mass is 475 g/mol. The number of unbranched alkanes of at least 4 members (excludes halogenated alkanes) is 1. The van der Waals surface area contributed by atoms with Crippen molar-refractivity contribution < 1.29 is 19.1 Å². The molecule has 0 saturated heterocycles. The van der Waals surface area contributed by atoms with Crippen molar-refractivity contribution in [3.8, 4) is 22.6 Å². The molecule has 0 heterocycles. The highest BCUT2D eigenvalue weighted by Gasteiger charge is 2.06. The summed E-state index contributed by atoms with van der Waals surface area (Å²) in [6.45, 7) is 3.87. The summed E-state index contributed by atoms with van der Waals surface area (Å²) in [4.78, 5) is 25.2. The van der Waals surface area contributed by atoms with Crippen molar-refractivity contribution >= 4 is 17.7 Å². The molecule has 2 N–H and O–H groups in total. The Bertz CT molecular complexity index is 1090. The fourth-order valence-electron chi connectivity index (χ4n) is 3.46. The molecule has 0 aliphatic heterocycles. The minimum atomic E-state index is -0.467. The van der Waals surface area contributed by atoms with E-state index in [4.69, 9.17) is 9.47 Å². The van der Waals surface area contributed by atoms with E-state index in [1.165, 1.54) is 6.92 Å². The van der Waals surface area contributed by atoms with Crippen LogP contribution in [0.3, 0.4) is 0 Å². The summed E-state index contributed by atoms with van der Waals surface area (Å²) in [5.74, 6) is 1.27. The lowest BCUT2D eigenvalue weighted by Crippen LogP contribution is -2.31. The number of rotatable bonds is 12. The van der Waals surface area contributed by atoms with Gasteiger partial charge >= 0.3 is 6.09 Å². The quantitative estimate of drug-likeness (QED) is 0.365. The van der Waals surface area contributed by atoms with Crippen LogP contribution in [0.15, 0.2) is 78.9 Å². The highest BCUT2D eigenvalue weighted by molar-refractivity contribution is 5.73. The highest BCUT2D eigenvalue weighted by atomic mass is 16.6. The van der Waals surface area contributed by atoms with Crippen molar-refractivity contribution in [3.63, 3.8) is 0 Å². The minimum Gasteiger partial charge on any atom is -0.494 e. The fourth-order valence-corrected chi connectivity index (χ4v) is 3.46. The van der Waals surface area contributed by atoms with Crippen LogP contribution in [0.5, 0.6) is 11.5 Å². The molecule has 0 aromatic heterocycles. The molecule has 3 aromatic rings. The third kappa shape index (κ3) is 9.04. The summed E-state index contributed by atoms with van der Waals surface area (Å²) in [6.07, 6.45) is 1.10. The van der Waals surface area contributed by atoms with Crippen molar-refractivity contribution in [2.45, 2.75) is 19.8 Å². The van der Waals surface area contributed by atoms with Crippen LogP contribution in [0.4, 0.5) is 10.5 Å². The SMILES string of the molecule is CC(=O)NCCN(C)c1cccc(OCCCCNC(=O)Oc2cccc(-c3ccccc3)c2)c1. The van der Waals surface area contributed by atoms with Crippen LogP contribution in [0.1, 0.15) is 19.8 Å². The normalized spacial score (nSPS) is 10.3. The van der Waals surface area contributed by atoms with Crippen LogP contribution in [-0.2, 0) is 4.79 Å². The molecule has 0 fully saturated rings. The second-order valence-corrected chi connectivity index (χ2v) is 8.17. The van der Waals surface area contributed by atoms with E-state index in [2.05, 4.69) is 15.5 Å². The van der Waals surface area contributed by atoms with Crippen LogP contribution in [-0.4, -0.2) is 45.3 Å². The van der Waals surface area contributed by atoms with Gasteiger partial charge in [0.05, 0.1) is 6.61 Å². The van der Waals surface area contributed by atoms with Gasteiger partial charge < -0.3 is 25.0 Å². The maximum atomic E-state index is 12.1. The van der Waals surface area contributed by atoms with Crippen LogP contribution in [0.2, 0.25) is 0 Å². The Morgan fingerprint density at radius 3 is 2.34 bits per heavy atom. The van der Waals surface area contributed by atoms with Gasteiger partial charge in [-0.2, -0.15) is 0 Å². The summed E-state index contributed by atoms with van der Waals surface area (Å²) in [5.41, 5.74) is 3.09. The lowest BCUT2D eigenvalue weighted by molar-refractivity contribution is -0.118. The smallest absolute Gasteiger partial charge is 0.412 e. The summed E-state index contributed by atoms with van der Waals surface area (Å²) < 4.78 is 11.3. The topological polar surface area (TPSA) is 79.9 Å². The van der Waals surface area contributed by atoms with Gasteiger partial charge in [0.2, 0.25) is 5.91 Å². The standard InChI is InChI=1S/C28H33N3O4/c1-22(32)29-17-18-31(2)25-13-9-14-26(21-25)34-19-7-6-16-30-28(33)35-27-15-8-12-24(20-27)23-10-4-3-5-11-23/h3-5,8-15,20-21H,6-7,16-19H2,1-2H3,(H,29,32)(H,30,33). The molecule has 3 rings (SSSR count). The predicted octanol–water partition coefficient (Wildman–Crippen LogP) is 4.87. The Hall–Kier alpha value is -4.00. The van der Waals surface area contributed by atoms with Gasteiger partial charge in [0.1, 0.15) is 11.5 Å². The zero-order valence-electron chi connectivity index (χ0n) is 20.3. The van der Waals surface area contributed by atoms with Crippen molar-refractivity contribution in [1.29, 1.82) is 0 Å². The summed E-state index contributed by atoms with van der Waals surface area (Å²) in [5, 5.41) is 5.58. The van der Waals surface area contributed by atoms with Crippen LogP contribution in [0.25, 0.3) is 11.1 Å². The molecule has 0 aliphatic rings. The van der Waals surface area contributed by atoms with Gasteiger partial charge in [-0.3, -0.25) is 4.79 Å². The summed E-state index contributed by atoms with van der Waals surface area (Å²) in [7, 11) is 1.98. The Labute approximate surface area is 207 Å². The van der Waals surface area contributed by atoms with Gasteiger partial charge in [0, 0.05) is 45.4 Å². The van der Waals surface area contributed by atoms with E-state index >= 15 is 0 Å². The lowest BCUT2D eigenvalue weighted by Gasteiger charge is -2.20. The highest BCUT2D eigenvalue weighted by Crippen LogP contribution is 2.23. The van der Waals surface area contributed by atoms with Crippen LogP contribution in [0, 0.1) is 0 Å². The molecule has 7 heteroatoms. The number of ether oxygens (including phenoxy) is 2. The molecule has 3 aromatic carbocycles. The van der Waals surface area contributed by atoms with E-state index in [9.17, 15) is 9.59 Å². The molecular weight excluding hydrogens is 442 g/mol. The Balaban J connectivity index is 1.33. The maximum Gasteiger partial charge on any atom is 0.412 e. The van der Waals surface area contributed by atoms with Gasteiger partial charge in [-0.1, -0.05) is 48.5 Å². The van der Waals surface area contributed by atoms with Gasteiger partial charge in [0.15, 0.2) is 0 Å². The van der Waals surface area contributed by atoms with Crippen molar-refractivity contribution in [3.05, 3.63) is 78.9 Å². The zero-order chi connectivity index (χ0) is 24.9. The molecule has 35 heavy (non-hydrogen) atoms. The molecular formula is C28H33N3O4.